The predicted molar refractivity (Wildman–Crippen MR) is 91.9 cm³/mol. The first-order valence-electron chi connectivity index (χ1n) is 10.2. The van der Waals surface area contributed by atoms with E-state index in [0.717, 1.165) is 0 Å². The van der Waals surface area contributed by atoms with Gasteiger partial charge in [-0.05, 0) is 11.8 Å². The van der Waals surface area contributed by atoms with Crippen molar-refractivity contribution in [3.8, 4) is 0 Å². The van der Waals surface area contributed by atoms with Gasteiger partial charge in [-0.2, -0.15) is 0 Å². The third-order valence-electron chi connectivity index (χ3n) is 8.94. The summed E-state index contributed by atoms with van der Waals surface area (Å²) in [7, 11) is 0. The third-order valence-corrected chi connectivity index (χ3v) is 8.94. The van der Waals surface area contributed by atoms with Gasteiger partial charge in [0.05, 0.1) is 29.6 Å². The van der Waals surface area contributed by atoms with Crippen molar-refractivity contribution in [2.75, 3.05) is 6.61 Å². The molecular formula is C20H26O9. The molecule has 0 aromatic rings. The molecule has 0 bridgehead atoms. The summed E-state index contributed by atoms with van der Waals surface area (Å²) in [4.78, 5) is 25.9. The first-order valence-corrected chi connectivity index (χ1v) is 10.2. The van der Waals surface area contributed by atoms with Gasteiger partial charge in [-0.15, -0.1) is 0 Å². The Bertz CT molecular complexity index is 851. The fourth-order valence-corrected chi connectivity index (χ4v) is 8.32. The van der Waals surface area contributed by atoms with E-state index >= 15 is 0 Å². The summed E-state index contributed by atoms with van der Waals surface area (Å²) < 4.78 is 23.3. The van der Waals surface area contributed by atoms with Crippen LogP contribution in [0.2, 0.25) is 0 Å². The van der Waals surface area contributed by atoms with Crippen LogP contribution < -0.4 is 0 Å². The number of ether oxygens (including phenoxy) is 4. The van der Waals surface area contributed by atoms with Crippen LogP contribution in [0.1, 0.15) is 34.1 Å². The molecule has 6 fully saturated rings. The first kappa shape index (κ1) is 18.5. The lowest BCUT2D eigenvalue weighted by Crippen LogP contribution is -2.66. The number of carbonyl (C=O) groups is 2. The highest BCUT2D eigenvalue weighted by Crippen LogP contribution is 2.84. The van der Waals surface area contributed by atoms with Crippen molar-refractivity contribution < 1.29 is 43.9 Å². The van der Waals surface area contributed by atoms with Gasteiger partial charge < -0.3 is 34.3 Å². The second kappa shape index (κ2) is 4.65. The number of rotatable bonds is 0. The summed E-state index contributed by atoms with van der Waals surface area (Å²) in [5.74, 6) is -2.77. The fourth-order valence-electron chi connectivity index (χ4n) is 8.32. The van der Waals surface area contributed by atoms with Crippen LogP contribution in [-0.2, 0) is 28.5 Å². The maximum Gasteiger partial charge on any atom is 0.342 e. The Balaban J connectivity index is 1.71. The minimum Gasteiger partial charge on any atom is -0.457 e. The summed E-state index contributed by atoms with van der Waals surface area (Å²) in [5, 5.41) is 34.5. The smallest absolute Gasteiger partial charge is 0.342 e. The molecule has 29 heavy (non-hydrogen) atoms. The highest BCUT2D eigenvalue weighted by atomic mass is 16.8. The number of hydrogen-bond acceptors (Lipinski definition) is 9. The first-order chi connectivity index (χ1) is 13.4. The van der Waals surface area contributed by atoms with Crippen LogP contribution in [0.25, 0.3) is 0 Å². The summed E-state index contributed by atoms with van der Waals surface area (Å²) in [6, 6.07) is 0. The topological polar surface area (TPSA) is 132 Å². The zero-order chi connectivity index (χ0) is 20.9. The Labute approximate surface area is 167 Å². The fraction of sp³-hybridized carbons (Fsp3) is 0.900. The average molecular weight is 410 g/mol. The van der Waals surface area contributed by atoms with Gasteiger partial charge in [0.1, 0.15) is 11.7 Å². The van der Waals surface area contributed by atoms with Crippen molar-refractivity contribution in [2.24, 2.45) is 28.1 Å². The minimum atomic E-state index is -1.88. The maximum atomic E-state index is 13.4. The van der Waals surface area contributed by atoms with E-state index < -0.39 is 81.9 Å². The number of aliphatic hydroxyl groups is 3. The molecule has 0 aromatic carbocycles. The molecule has 9 heteroatoms. The van der Waals surface area contributed by atoms with E-state index in [1.807, 2.05) is 20.8 Å². The van der Waals surface area contributed by atoms with Crippen LogP contribution in [0.3, 0.4) is 0 Å². The lowest BCUT2D eigenvalue weighted by molar-refractivity contribution is -0.239. The third kappa shape index (κ3) is 1.38. The van der Waals surface area contributed by atoms with Gasteiger partial charge in [0, 0.05) is 11.8 Å². The molecule has 2 saturated carbocycles. The van der Waals surface area contributed by atoms with E-state index in [2.05, 4.69) is 0 Å². The summed E-state index contributed by atoms with van der Waals surface area (Å²) in [6.07, 6.45) is -5.70. The summed E-state index contributed by atoms with van der Waals surface area (Å²) in [5.41, 5.74) is -6.97. The van der Waals surface area contributed by atoms with Gasteiger partial charge in [0.25, 0.3) is 0 Å². The molecule has 4 aliphatic heterocycles. The molecule has 4 saturated heterocycles. The Morgan fingerprint density at radius 2 is 1.83 bits per heavy atom. The zero-order valence-electron chi connectivity index (χ0n) is 16.7. The maximum absolute atomic E-state index is 13.4. The van der Waals surface area contributed by atoms with Gasteiger partial charge in [0.15, 0.2) is 6.10 Å². The molecule has 2 spiro atoms. The van der Waals surface area contributed by atoms with Gasteiger partial charge in [-0.3, -0.25) is 0 Å². The normalized spacial score (nSPS) is 62.0. The summed E-state index contributed by atoms with van der Waals surface area (Å²) >= 11 is 0. The van der Waals surface area contributed by atoms with E-state index in [4.69, 9.17) is 18.9 Å². The molecule has 0 amide bonds. The molecule has 11 atom stereocenters. The van der Waals surface area contributed by atoms with Crippen molar-refractivity contribution in [3.63, 3.8) is 0 Å². The molecule has 6 aliphatic rings. The molecule has 6 unspecified atom stereocenters. The quantitative estimate of drug-likeness (QED) is 0.435. The van der Waals surface area contributed by atoms with Crippen LogP contribution in [-0.4, -0.2) is 75.8 Å². The van der Waals surface area contributed by atoms with Gasteiger partial charge in [-0.1, -0.05) is 27.7 Å². The SMILES string of the molecule is C[C@@H]1COC2CC34C5OC(=O)[C@]3(OC3OC(=O)[C@H](O)C34C(C(C)(C)C)[C@H]5O)[C@]21O. The van der Waals surface area contributed by atoms with Crippen molar-refractivity contribution in [1.82, 2.24) is 0 Å². The van der Waals surface area contributed by atoms with Crippen molar-refractivity contribution >= 4 is 11.9 Å². The highest BCUT2D eigenvalue weighted by molar-refractivity contribution is 5.91. The molecule has 3 N–H and O–H groups in total. The Kier molecular flexibility index (Phi) is 2.97. The van der Waals surface area contributed by atoms with Crippen LogP contribution in [0, 0.1) is 28.1 Å². The second-order valence-electron chi connectivity index (χ2n) is 10.8. The van der Waals surface area contributed by atoms with E-state index in [9.17, 15) is 24.9 Å². The summed E-state index contributed by atoms with van der Waals surface area (Å²) in [6.45, 7) is 7.70. The number of fused-ring (bicyclic) bond motifs is 1. The van der Waals surface area contributed by atoms with Gasteiger partial charge >= 0.3 is 11.9 Å². The molecular weight excluding hydrogens is 384 g/mol. The second-order valence-corrected chi connectivity index (χ2v) is 10.8. The van der Waals surface area contributed by atoms with Crippen LogP contribution in [0.15, 0.2) is 0 Å². The lowest BCUT2D eigenvalue weighted by atomic mass is 9.51. The number of carbonyl (C=O) groups excluding carboxylic acids is 2. The van der Waals surface area contributed by atoms with E-state index in [0.29, 0.717) is 0 Å². The molecule has 160 valence electrons. The standard InChI is InChI=1S/C20H26O9/c1-7-6-26-8-5-17-12-9(21)10(16(2,3)4)18(17)11(22)13(23)28-15(18)29-20(17,14(24)27-12)19(7,8)25/h7-12,15,21-22,25H,5-6H2,1-4H3/t7-,8?,9-,10?,11+,12?,15?,17?,18?,19-,20-/m1/s1. The van der Waals surface area contributed by atoms with Crippen molar-refractivity contribution in [2.45, 2.75) is 76.0 Å². The van der Waals surface area contributed by atoms with Crippen molar-refractivity contribution in [3.05, 3.63) is 0 Å². The van der Waals surface area contributed by atoms with E-state index in [-0.39, 0.29) is 13.0 Å². The van der Waals surface area contributed by atoms with Crippen LogP contribution in [0.4, 0.5) is 0 Å². The Hall–Kier alpha value is -1.26. The van der Waals surface area contributed by atoms with E-state index in [1.54, 1.807) is 6.92 Å². The highest BCUT2D eigenvalue weighted by Gasteiger charge is 3.01. The predicted octanol–water partition coefficient (Wildman–Crippen LogP) is -0.896. The largest absolute Gasteiger partial charge is 0.457 e. The molecule has 0 aromatic heterocycles. The minimum absolute atomic E-state index is 0.123. The number of aliphatic hydroxyl groups excluding tert-OH is 2. The van der Waals surface area contributed by atoms with Crippen LogP contribution in [0.5, 0.6) is 0 Å². The van der Waals surface area contributed by atoms with Crippen molar-refractivity contribution in [1.29, 1.82) is 0 Å². The molecule has 4 heterocycles. The average Bonchev–Trinajstić information content (AvgIpc) is 3.31. The lowest BCUT2D eigenvalue weighted by Gasteiger charge is -2.46. The molecule has 6 rings (SSSR count). The molecule has 9 nitrogen and oxygen atoms in total. The molecule has 2 aliphatic carbocycles. The monoisotopic (exact) mass is 410 g/mol. The van der Waals surface area contributed by atoms with Gasteiger partial charge in [0.2, 0.25) is 11.9 Å². The zero-order valence-corrected chi connectivity index (χ0v) is 16.7. The Morgan fingerprint density at radius 1 is 1.14 bits per heavy atom. The van der Waals surface area contributed by atoms with E-state index in [1.165, 1.54) is 0 Å². The molecule has 0 radical (unpaired) electrons. The number of esters is 2. The van der Waals surface area contributed by atoms with Gasteiger partial charge in [-0.25, -0.2) is 9.59 Å². The Morgan fingerprint density at radius 3 is 2.48 bits per heavy atom. The number of hydrogen-bond donors (Lipinski definition) is 3. The van der Waals surface area contributed by atoms with Crippen LogP contribution >= 0.6 is 0 Å².